The number of ether oxygens (including phenoxy) is 3. The van der Waals surface area contributed by atoms with Gasteiger partial charge in [-0.2, -0.15) is 0 Å². The number of carbonyl (C=O) groups excluding carboxylic acids is 2. The number of β-amino-alcohol motifs (C(OH)–C–C–N with tert-alkyl or cyclic N) is 1. The summed E-state index contributed by atoms with van der Waals surface area (Å²) in [5, 5.41) is 20.5. The van der Waals surface area contributed by atoms with Crippen molar-refractivity contribution in [2.75, 3.05) is 34.0 Å². The average Bonchev–Trinajstić information content (AvgIpc) is 3.04. The summed E-state index contributed by atoms with van der Waals surface area (Å²) in [6, 6.07) is 10.7. The third kappa shape index (κ3) is 4.20. The highest BCUT2D eigenvalue weighted by molar-refractivity contribution is 6.46. The van der Waals surface area contributed by atoms with Crippen LogP contribution in [0.25, 0.3) is 5.76 Å². The van der Waals surface area contributed by atoms with E-state index in [4.69, 9.17) is 14.2 Å². The predicted molar refractivity (Wildman–Crippen MR) is 113 cm³/mol. The van der Waals surface area contributed by atoms with Crippen LogP contribution < -0.4 is 14.2 Å². The van der Waals surface area contributed by atoms with Crippen molar-refractivity contribution < 1.29 is 34.0 Å². The van der Waals surface area contributed by atoms with Gasteiger partial charge in [0.1, 0.15) is 11.5 Å². The highest BCUT2D eigenvalue weighted by Crippen LogP contribution is 2.41. The second kappa shape index (κ2) is 9.53. The Morgan fingerprint density at radius 3 is 2.29 bits per heavy atom. The SMILES string of the molecule is CCOc1ccc(/C(O)=C2/C(=O)C(=O)N(CCO)C2c2ccc(OC)c(OC)c2)cc1. The number of ketones is 1. The fourth-order valence-corrected chi connectivity index (χ4v) is 3.62. The van der Waals surface area contributed by atoms with Gasteiger partial charge in [0.2, 0.25) is 0 Å². The number of aliphatic hydroxyl groups is 2. The summed E-state index contributed by atoms with van der Waals surface area (Å²) in [5.74, 6) is -0.397. The maximum absolute atomic E-state index is 12.9. The molecular formula is C23H25NO7. The third-order valence-corrected chi connectivity index (χ3v) is 5.04. The van der Waals surface area contributed by atoms with E-state index in [9.17, 15) is 19.8 Å². The topological polar surface area (TPSA) is 106 Å². The van der Waals surface area contributed by atoms with Crippen molar-refractivity contribution in [1.82, 2.24) is 4.90 Å². The Labute approximate surface area is 180 Å². The molecule has 1 heterocycles. The summed E-state index contributed by atoms with van der Waals surface area (Å²) in [7, 11) is 2.98. The number of aliphatic hydroxyl groups excluding tert-OH is 2. The minimum Gasteiger partial charge on any atom is -0.507 e. The van der Waals surface area contributed by atoms with Crippen LogP contribution in [0.3, 0.4) is 0 Å². The van der Waals surface area contributed by atoms with Gasteiger partial charge >= 0.3 is 0 Å². The fourth-order valence-electron chi connectivity index (χ4n) is 3.62. The van der Waals surface area contributed by atoms with E-state index >= 15 is 0 Å². The Balaban J connectivity index is 2.15. The summed E-state index contributed by atoms with van der Waals surface area (Å²) in [6.07, 6.45) is 0. The summed E-state index contributed by atoms with van der Waals surface area (Å²) >= 11 is 0. The lowest BCUT2D eigenvalue weighted by Crippen LogP contribution is -2.32. The molecule has 0 radical (unpaired) electrons. The standard InChI is InChI=1S/C23H25NO7/c1-4-31-16-8-5-14(6-9-16)21(26)19-20(24(11-12-25)23(28)22(19)27)15-7-10-17(29-2)18(13-15)30-3/h5-10,13,20,25-26H,4,11-12H2,1-3H3/b21-19-. The number of likely N-dealkylation sites (tertiary alicyclic amines) is 1. The van der Waals surface area contributed by atoms with Gasteiger partial charge in [-0.1, -0.05) is 6.07 Å². The molecule has 164 valence electrons. The van der Waals surface area contributed by atoms with Gasteiger partial charge in [0.15, 0.2) is 11.5 Å². The maximum atomic E-state index is 12.9. The molecule has 8 nitrogen and oxygen atoms in total. The molecule has 1 amide bonds. The first kappa shape index (κ1) is 22.2. The summed E-state index contributed by atoms with van der Waals surface area (Å²) in [5.41, 5.74) is 0.851. The van der Waals surface area contributed by atoms with E-state index in [1.54, 1.807) is 42.5 Å². The minimum absolute atomic E-state index is 0.0603. The van der Waals surface area contributed by atoms with E-state index in [0.29, 0.717) is 35.0 Å². The molecule has 2 aromatic rings. The molecule has 0 bridgehead atoms. The number of benzene rings is 2. The molecule has 1 aliphatic heterocycles. The first-order valence-corrected chi connectivity index (χ1v) is 9.81. The van der Waals surface area contributed by atoms with Crippen LogP contribution in [0.15, 0.2) is 48.0 Å². The minimum atomic E-state index is -0.890. The van der Waals surface area contributed by atoms with Crippen molar-refractivity contribution in [3.8, 4) is 17.2 Å². The molecule has 1 atom stereocenters. The van der Waals surface area contributed by atoms with Crippen LogP contribution in [-0.2, 0) is 9.59 Å². The largest absolute Gasteiger partial charge is 0.507 e. The third-order valence-electron chi connectivity index (χ3n) is 5.04. The smallest absolute Gasteiger partial charge is 0.295 e. The summed E-state index contributed by atoms with van der Waals surface area (Å²) in [6.45, 7) is 1.96. The van der Waals surface area contributed by atoms with Crippen LogP contribution in [0, 0.1) is 0 Å². The molecule has 1 saturated heterocycles. The van der Waals surface area contributed by atoms with Crippen molar-refractivity contribution in [3.63, 3.8) is 0 Å². The zero-order valence-corrected chi connectivity index (χ0v) is 17.6. The lowest BCUT2D eigenvalue weighted by atomic mass is 9.95. The number of hydrogen-bond donors (Lipinski definition) is 2. The van der Waals surface area contributed by atoms with Gasteiger partial charge in [0.25, 0.3) is 11.7 Å². The molecule has 8 heteroatoms. The van der Waals surface area contributed by atoms with Crippen LogP contribution in [0.1, 0.15) is 24.1 Å². The second-order valence-electron chi connectivity index (χ2n) is 6.79. The lowest BCUT2D eigenvalue weighted by molar-refractivity contribution is -0.140. The summed E-state index contributed by atoms with van der Waals surface area (Å²) in [4.78, 5) is 26.8. The van der Waals surface area contributed by atoms with Gasteiger partial charge in [-0.05, 0) is 48.9 Å². The maximum Gasteiger partial charge on any atom is 0.295 e. The van der Waals surface area contributed by atoms with E-state index in [0.717, 1.165) is 0 Å². The van der Waals surface area contributed by atoms with Crippen LogP contribution in [0.5, 0.6) is 17.2 Å². The Morgan fingerprint density at radius 1 is 1.03 bits per heavy atom. The normalized spacial score (nSPS) is 17.7. The Bertz CT molecular complexity index is 997. The molecule has 3 rings (SSSR count). The molecule has 0 aromatic heterocycles. The van der Waals surface area contributed by atoms with Gasteiger partial charge in [-0.25, -0.2) is 0 Å². The van der Waals surface area contributed by atoms with Crippen molar-refractivity contribution >= 4 is 17.4 Å². The van der Waals surface area contributed by atoms with Gasteiger partial charge in [0, 0.05) is 12.1 Å². The van der Waals surface area contributed by atoms with Gasteiger partial charge < -0.3 is 29.3 Å². The molecule has 31 heavy (non-hydrogen) atoms. The van der Waals surface area contributed by atoms with E-state index < -0.39 is 17.7 Å². The fraction of sp³-hybridized carbons (Fsp3) is 0.304. The van der Waals surface area contributed by atoms with Gasteiger partial charge in [-0.15, -0.1) is 0 Å². The van der Waals surface area contributed by atoms with Crippen LogP contribution in [0.4, 0.5) is 0 Å². The molecule has 2 N–H and O–H groups in total. The lowest BCUT2D eigenvalue weighted by Gasteiger charge is -2.25. The molecule has 0 spiro atoms. The summed E-state index contributed by atoms with van der Waals surface area (Å²) < 4.78 is 16.0. The molecule has 1 fully saturated rings. The second-order valence-corrected chi connectivity index (χ2v) is 6.79. The molecule has 0 aliphatic carbocycles. The number of nitrogens with zero attached hydrogens (tertiary/aromatic N) is 1. The zero-order chi connectivity index (χ0) is 22.5. The number of Topliss-reactive ketones (excluding diaryl/α,β-unsaturated/α-hetero) is 1. The van der Waals surface area contributed by atoms with Crippen LogP contribution in [0.2, 0.25) is 0 Å². The van der Waals surface area contributed by atoms with E-state index in [1.807, 2.05) is 6.92 Å². The number of amides is 1. The molecule has 1 aliphatic rings. The van der Waals surface area contributed by atoms with Crippen molar-refractivity contribution in [2.24, 2.45) is 0 Å². The Hall–Kier alpha value is -3.52. The Morgan fingerprint density at radius 2 is 1.71 bits per heavy atom. The number of carbonyl (C=O) groups is 2. The number of hydrogen-bond acceptors (Lipinski definition) is 7. The van der Waals surface area contributed by atoms with Gasteiger partial charge in [-0.3, -0.25) is 9.59 Å². The quantitative estimate of drug-likeness (QED) is 0.379. The van der Waals surface area contributed by atoms with Crippen molar-refractivity contribution in [3.05, 3.63) is 59.2 Å². The molecular weight excluding hydrogens is 402 g/mol. The first-order valence-electron chi connectivity index (χ1n) is 9.81. The van der Waals surface area contributed by atoms with Gasteiger partial charge in [0.05, 0.1) is 39.0 Å². The number of methoxy groups -OCH3 is 2. The molecule has 1 unspecified atom stereocenters. The van der Waals surface area contributed by atoms with Crippen LogP contribution in [-0.4, -0.2) is 60.8 Å². The monoisotopic (exact) mass is 427 g/mol. The predicted octanol–water partition coefficient (Wildman–Crippen LogP) is 2.52. The first-order chi connectivity index (χ1) is 15.0. The van der Waals surface area contributed by atoms with E-state index in [-0.39, 0.29) is 24.5 Å². The molecule has 2 aromatic carbocycles. The van der Waals surface area contributed by atoms with Crippen molar-refractivity contribution in [1.29, 1.82) is 0 Å². The highest BCUT2D eigenvalue weighted by atomic mass is 16.5. The zero-order valence-electron chi connectivity index (χ0n) is 17.6. The Kier molecular flexibility index (Phi) is 6.81. The van der Waals surface area contributed by atoms with Crippen molar-refractivity contribution in [2.45, 2.75) is 13.0 Å². The highest BCUT2D eigenvalue weighted by Gasteiger charge is 2.46. The van der Waals surface area contributed by atoms with E-state index in [1.165, 1.54) is 19.1 Å². The van der Waals surface area contributed by atoms with Crippen LogP contribution >= 0.6 is 0 Å². The van der Waals surface area contributed by atoms with E-state index in [2.05, 4.69) is 0 Å². The number of rotatable bonds is 8. The average molecular weight is 427 g/mol. The molecule has 0 saturated carbocycles.